The Labute approximate surface area is 112 Å². The van der Waals surface area contributed by atoms with Gasteiger partial charge in [0.25, 0.3) is 0 Å². The van der Waals surface area contributed by atoms with Crippen LogP contribution in [0, 0.1) is 0 Å². The third-order valence-electron chi connectivity index (χ3n) is 3.73. The molecule has 6 nitrogen and oxygen atoms in total. The van der Waals surface area contributed by atoms with Crippen LogP contribution in [0.15, 0.2) is 11.6 Å². The van der Waals surface area contributed by atoms with Crippen molar-refractivity contribution in [2.75, 3.05) is 26.7 Å². The van der Waals surface area contributed by atoms with Crippen LogP contribution in [-0.4, -0.2) is 65.8 Å². The number of likely N-dealkylation sites (tertiary alicyclic amines) is 1. The first-order valence-electron chi connectivity index (χ1n) is 6.49. The fourth-order valence-electron chi connectivity index (χ4n) is 2.67. The molecule has 2 rings (SSSR count). The Hall–Kier alpha value is -1.56. The molecule has 1 N–H and O–H groups in total. The molecule has 0 saturated carbocycles. The Morgan fingerprint density at radius 1 is 1.47 bits per heavy atom. The fourth-order valence-corrected chi connectivity index (χ4v) is 2.67. The highest BCUT2D eigenvalue weighted by Gasteiger charge is 2.41. The van der Waals surface area contributed by atoms with E-state index < -0.39 is 12.0 Å². The van der Waals surface area contributed by atoms with E-state index in [1.54, 1.807) is 12.0 Å². The quantitative estimate of drug-likeness (QED) is 0.756. The molecule has 1 saturated heterocycles. The van der Waals surface area contributed by atoms with Gasteiger partial charge in [0.1, 0.15) is 6.04 Å². The van der Waals surface area contributed by atoms with Crippen molar-refractivity contribution in [2.45, 2.75) is 31.9 Å². The van der Waals surface area contributed by atoms with Gasteiger partial charge in [0.15, 0.2) is 0 Å². The summed E-state index contributed by atoms with van der Waals surface area (Å²) in [5.74, 6) is -0.961. The highest BCUT2D eigenvalue weighted by molar-refractivity contribution is 5.83. The van der Waals surface area contributed by atoms with Gasteiger partial charge < -0.3 is 19.6 Å². The van der Waals surface area contributed by atoms with Crippen molar-refractivity contribution in [3.8, 4) is 0 Å². The number of amides is 2. The molecule has 0 bridgehead atoms. The number of aliphatic carboxylic acids is 1. The summed E-state index contributed by atoms with van der Waals surface area (Å²) in [6, 6.07) is -0.969. The topological polar surface area (TPSA) is 70.1 Å². The summed E-state index contributed by atoms with van der Waals surface area (Å²) in [5, 5.41) is 9.22. The van der Waals surface area contributed by atoms with E-state index in [-0.39, 0.29) is 12.1 Å². The van der Waals surface area contributed by atoms with E-state index in [1.165, 1.54) is 4.90 Å². The van der Waals surface area contributed by atoms with Crippen LogP contribution >= 0.6 is 0 Å². The number of nitrogens with zero attached hydrogens (tertiary/aromatic N) is 2. The number of carboxylic acid groups (broad SMARTS) is 1. The van der Waals surface area contributed by atoms with E-state index in [0.717, 1.165) is 12.0 Å². The van der Waals surface area contributed by atoms with Crippen LogP contribution in [0.2, 0.25) is 0 Å². The van der Waals surface area contributed by atoms with Gasteiger partial charge in [0, 0.05) is 33.2 Å². The van der Waals surface area contributed by atoms with Gasteiger partial charge in [-0.25, -0.2) is 9.59 Å². The maximum absolute atomic E-state index is 12.4. The lowest BCUT2D eigenvalue weighted by Gasteiger charge is -2.32. The van der Waals surface area contributed by atoms with Gasteiger partial charge in [-0.05, 0) is 13.3 Å². The molecule has 106 valence electrons. The summed E-state index contributed by atoms with van der Waals surface area (Å²) in [5.41, 5.74) is 1.15. The van der Waals surface area contributed by atoms with E-state index >= 15 is 0 Å². The van der Waals surface area contributed by atoms with Crippen LogP contribution in [0.3, 0.4) is 0 Å². The van der Waals surface area contributed by atoms with Gasteiger partial charge >= 0.3 is 12.0 Å². The molecule has 2 unspecified atom stereocenters. The monoisotopic (exact) mass is 268 g/mol. The van der Waals surface area contributed by atoms with Crippen LogP contribution in [0.5, 0.6) is 0 Å². The normalized spacial score (nSPS) is 27.4. The predicted octanol–water partition coefficient (Wildman–Crippen LogP) is 0.932. The first-order valence-corrected chi connectivity index (χ1v) is 6.49. The predicted molar refractivity (Wildman–Crippen MR) is 68.9 cm³/mol. The second kappa shape index (κ2) is 5.61. The number of methoxy groups -OCH3 is 1. The van der Waals surface area contributed by atoms with Crippen molar-refractivity contribution in [2.24, 2.45) is 0 Å². The average Bonchev–Trinajstić information content (AvgIpc) is 2.82. The van der Waals surface area contributed by atoms with Crippen molar-refractivity contribution in [3.63, 3.8) is 0 Å². The van der Waals surface area contributed by atoms with Gasteiger partial charge in [-0.15, -0.1) is 0 Å². The van der Waals surface area contributed by atoms with Gasteiger partial charge in [0.05, 0.1) is 6.10 Å². The molecule has 1 fully saturated rings. The number of carboxylic acids is 1. The molecule has 0 aliphatic carbocycles. The largest absolute Gasteiger partial charge is 0.480 e. The molecule has 0 aromatic heterocycles. The van der Waals surface area contributed by atoms with Crippen LogP contribution in [0.25, 0.3) is 0 Å². The highest BCUT2D eigenvalue weighted by Crippen LogP contribution is 2.23. The zero-order valence-corrected chi connectivity index (χ0v) is 11.3. The molecule has 0 spiro atoms. The molecule has 19 heavy (non-hydrogen) atoms. The average molecular weight is 268 g/mol. The first-order chi connectivity index (χ1) is 9.02. The number of hydrogen-bond acceptors (Lipinski definition) is 3. The summed E-state index contributed by atoms with van der Waals surface area (Å²) in [6.45, 7) is 3.57. The molecule has 0 aromatic carbocycles. The standard InChI is InChI=1S/C13H20N2O4/c1-9-4-3-5-14(7-9)13(18)15-8-10(19-2)6-11(15)12(16)17/h4,10-11H,3,5-8H2,1-2H3,(H,16,17). The molecular weight excluding hydrogens is 248 g/mol. The Bertz CT molecular complexity index is 407. The lowest BCUT2D eigenvalue weighted by atomic mass is 10.1. The maximum Gasteiger partial charge on any atom is 0.326 e. The van der Waals surface area contributed by atoms with Gasteiger partial charge in [-0.1, -0.05) is 11.6 Å². The Balaban J connectivity index is 2.08. The summed E-state index contributed by atoms with van der Waals surface area (Å²) >= 11 is 0. The molecule has 2 aliphatic rings. The van der Waals surface area contributed by atoms with Crippen LogP contribution in [0.1, 0.15) is 19.8 Å². The van der Waals surface area contributed by atoms with Crippen molar-refractivity contribution in [1.29, 1.82) is 0 Å². The summed E-state index contributed by atoms with van der Waals surface area (Å²) < 4.78 is 5.19. The third kappa shape index (κ3) is 2.89. The first kappa shape index (κ1) is 13.9. The van der Waals surface area contributed by atoms with E-state index in [1.807, 2.05) is 6.92 Å². The van der Waals surface area contributed by atoms with Gasteiger partial charge in [-0.3, -0.25) is 0 Å². The van der Waals surface area contributed by atoms with E-state index in [0.29, 0.717) is 26.1 Å². The van der Waals surface area contributed by atoms with E-state index in [2.05, 4.69) is 6.08 Å². The molecule has 2 amide bonds. The van der Waals surface area contributed by atoms with E-state index in [9.17, 15) is 14.7 Å². The fraction of sp³-hybridized carbons (Fsp3) is 0.692. The smallest absolute Gasteiger partial charge is 0.326 e. The molecule has 2 atom stereocenters. The van der Waals surface area contributed by atoms with Crippen molar-refractivity contribution >= 4 is 12.0 Å². The second-order valence-electron chi connectivity index (χ2n) is 5.14. The molecule has 2 aliphatic heterocycles. The lowest BCUT2D eigenvalue weighted by Crippen LogP contribution is -2.49. The Kier molecular flexibility index (Phi) is 4.09. The van der Waals surface area contributed by atoms with Crippen LogP contribution < -0.4 is 0 Å². The minimum absolute atomic E-state index is 0.188. The summed E-state index contributed by atoms with van der Waals surface area (Å²) in [6.07, 6.45) is 3.11. The zero-order valence-electron chi connectivity index (χ0n) is 11.3. The maximum atomic E-state index is 12.4. The minimum Gasteiger partial charge on any atom is -0.480 e. The van der Waals surface area contributed by atoms with Crippen LogP contribution in [-0.2, 0) is 9.53 Å². The van der Waals surface area contributed by atoms with E-state index in [4.69, 9.17) is 4.74 Å². The number of ether oxygens (including phenoxy) is 1. The zero-order chi connectivity index (χ0) is 14.0. The molecule has 0 aromatic rings. The second-order valence-corrected chi connectivity index (χ2v) is 5.14. The SMILES string of the molecule is COC1CC(C(=O)O)N(C(=O)N2CCC=C(C)C2)C1. The number of carbonyl (C=O) groups excluding carboxylic acids is 1. The van der Waals surface area contributed by atoms with Gasteiger partial charge in [-0.2, -0.15) is 0 Å². The molecule has 0 radical (unpaired) electrons. The Morgan fingerprint density at radius 3 is 2.79 bits per heavy atom. The van der Waals surface area contributed by atoms with Crippen molar-refractivity contribution in [3.05, 3.63) is 11.6 Å². The molecule has 6 heteroatoms. The number of hydrogen-bond donors (Lipinski definition) is 1. The van der Waals surface area contributed by atoms with Gasteiger partial charge in [0.2, 0.25) is 0 Å². The molecular formula is C13H20N2O4. The number of carbonyl (C=O) groups is 2. The minimum atomic E-state index is -0.961. The Morgan fingerprint density at radius 2 is 2.21 bits per heavy atom. The third-order valence-corrected chi connectivity index (χ3v) is 3.73. The highest BCUT2D eigenvalue weighted by atomic mass is 16.5. The molecule has 2 heterocycles. The summed E-state index contributed by atoms with van der Waals surface area (Å²) in [7, 11) is 1.55. The lowest BCUT2D eigenvalue weighted by molar-refractivity contribution is -0.141. The van der Waals surface area contributed by atoms with Crippen molar-refractivity contribution in [1.82, 2.24) is 9.80 Å². The summed E-state index contributed by atoms with van der Waals surface area (Å²) in [4.78, 5) is 26.8. The number of urea groups is 1. The van der Waals surface area contributed by atoms with Crippen molar-refractivity contribution < 1.29 is 19.4 Å². The number of rotatable bonds is 2. The van der Waals surface area contributed by atoms with Crippen LogP contribution in [0.4, 0.5) is 4.79 Å².